The highest BCUT2D eigenvalue weighted by Crippen LogP contribution is 2.26. The second-order valence-electron chi connectivity index (χ2n) is 2.94. The summed E-state index contributed by atoms with van der Waals surface area (Å²) in [7, 11) is 0. The van der Waals surface area contributed by atoms with Crippen molar-refractivity contribution in [2.75, 3.05) is 6.61 Å². The van der Waals surface area contributed by atoms with Gasteiger partial charge < -0.3 is 4.74 Å². The third-order valence-electron chi connectivity index (χ3n) is 1.98. The maximum absolute atomic E-state index is 5.88. The fourth-order valence-corrected chi connectivity index (χ4v) is 1.57. The van der Waals surface area contributed by atoms with Crippen molar-refractivity contribution in [2.24, 2.45) is 0 Å². The molecule has 0 saturated carbocycles. The number of aromatic nitrogens is 1. The van der Waals surface area contributed by atoms with Gasteiger partial charge in [0.05, 0.1) is 12.8 Å². The quantitative estimate of drug-likeness (QED) is 0.754. The smallest absolute Gasteiger partial charge is 0.145 e. The van der Waals surface area contributed by atoms with Gasteiger partial charge in [-0.3, -0.25) is 4.98 Å². The minimum atomic E-state index is 0.642. The summed E-state index contributed by atoms with van der Waals surface area (Å²) in [4.78, 5) is 4.09. The van der Waals surface area contributed by atoms with Crippen molar-refractivity contribution >= 4 is 22.4 Å². The van der Waals surface area contributed by atoms with Gasteiger partial charge in [0.25, 0.3) is 0 Å². The predicted octanol–water partition coefficient (Wildman–Crippen LogP) is 3.29. The first-order chi connectivity index (χ1) is 6.81. The molecule has 2 nitrogen and oxygen atoms in total. The summed E-state index contributed by atoms with van der Waals surface area (Å²) in [5, 5.41) is 2.77. The topological polar surface area (TPSA) is 22.1 Å². The third kappa shape index (κ3) is 1.66. The molecule has 0 aliphatic heterocycles. The van der Waals surface area contributed by atoms with Crippen LogP contribution in [0.2, 0.25) is 5.02 Å². The molecule has 1 heterocycles. The number of hydrogen-bond acceptors (Lipinski definition) is 2. The van der Waals surface area contributed by atoms with Crippen molar-refractivity contribution in [2.45, 2.75) is 6.92 Å². The van der Waals surface area contributed by atoms with E-state index < -0.39 is 0 Å². The molecule has 0 fully saturated rings. The summed E-state index contributed by atoms with van der Waals surface area (Å²) in [6, 6.07) is 5.68. The Hall–Kier alpha value is -1.28. The Morgan fingerprint density at radius 2 is 2.21 bits per heavy atom. The molecule has 2 aromatic rings. The first-order valence-electron chi connectivity index (χ1n) is 4.47. The summed E-state index contributed by atoms with van der Waals surface area (Å²) >= 11 is 5.88. The number of hydrogen-bond donors (Lipinski definition) is 0. The second-order valence-corrected chi connectivity index (χ2v) is 3.37. The van der Waals surface area contributed by atoms with Crippen LogP contribution in [-0.4, -0.2) is 11.6 Å². The summed E-state index contributed by atoms with van der Waals surface area (Å²) < 4.78 is 5.45. The molecule has 0 spiro atoms. The van der Waals surface area contributed by atoms with Gasteiger partial charge in [0.1, 0.15) is 5.75 Å². The molecule has 0 bridgehead atoms. The van der Waals surface area contributed by atoms with Gasteiger partial charge >= 0.3 is 0 Å². The van der Waals surface area contributed by atoms with Crippen LogP contribution in [0.3, 0.4) is 0 Å². The molecule has 0 amide bonds. The molecule has 0 aliphatic rings. The number of benzene rings is 1. The Kier molecular flexibility index (Phi) is 2.55. The molecule has 0 atom stereocenters. The Morgan fingerprint density at radius 1 is 1.36 bits per heavy atom. The largest absolute Gasteiger partial charge is 0.492 e. The van der Waals surface area contributed by atoms with Crippen molar-refractivity contribution < 1.29 is 4.74 Å². The summed E-state index contributed by atoms with van der Waals surface area (Å²) in [6.45, 7) is 2.60. The maximum Gasteiger partial charge on any atom is 0.145 e. The molecule has 3 heteroatoms. The van der Waals surface area contributed by atoms with Crippen molar-refractivity contribution in [3.05, 3.63) is 35.6 Å². The average Bonchev–Trinajstić information content (AvgIpc) is 2.18. The first-order valence-corrected chi connectivity index (χ1v) is 4.85. The normalized spacial score (nSPS) is 10.4. The standard InChI is InChI=1S/C11H10ClNO/c1-2-14-11-7-13-6-8-5-9(12)3-4-10(8)11/h3-7H,2H2,1H3. The molecule has 1 aromatic carbocycles. The number of rotatable bonds is 2. The monoisotopic (exact) mass is 207 g/mol. The van der Waals surface area contributed by atoms with Crippen molar-refractivity contribution in [1.82, 2.24) is 4.98 Å². The summed E-state index contributed by atoms with van der Waals surface area (Å²) in [5.41, 5.74) is 0. The molecule has 0 radical (unpaired) electrons. The molecule has 2 rings (SSSR count). The van der Waals surface area contributed by atoms with Crippen LogP contribution in [0.4, 0.5) is 0 Å². The number of nitrogens with zero attached hydrogens (tertiary/aromatic N) is 1. The summed E-state index contributed by atoms with van der Waals surface area (Å²) in [5.74, 6) is 0.807. The molecule has 72 valence electrons. The molecular weight excluding hydrogens is 198 g/mol. The van der Waals surface area contributed by atoms with Crippen LogP contribution in [0.15, 0.2) is 30.6 Å². The SMILES string of the molecule is CCOc1cncc2cc(Cl)ccc12. The Labute approximate surface area is 87.5 Å². The van der Waals surface area contributed by atoms with E-state index in [1.165, 1.54) is 0 Å². The Morgan fingerprint density at radius 3 is 3.00 bits per heavy atom. The van der Waals surface area contributed by atoms with E-state index in [2.05, 4.69) is 4.98 Å². The van der Waals surface area contributed by atoms with Crippen molar-refractivity contribution in [3.63, 3.8) is 0 Å². The van der Waals surface area contributed by atoms with Crippen LogP contribution in [0.5, 0.6) is 5.75 Å². The molecule has 14 heavy (non-hydrogen) atoms. The van der Waals surface area contributed by atoms with E-state index in [0.717, 1.165) is 16.5 Å². The lowest BCUT2D eigenvalue weighted by Gasteiger charge is -2.06. The van der Waals surface area contributed by atoms with Gasteiger partial charge in [-0.05, 0) is 25.1 Å². The highest BCUT2D eigenvalue weighted by Gasteiger charge is 2.01. The van der Waals surface area contributed by atoms with E-state index in [4.69, 9.17) is 16.3 Å². The second kappa shape index (κ2) is 3.84. The predicted molar refractivity (Wildman–Crippen MR) is 57.9 cm³/mol. The maximum atomic E-state index is 5.88. The lowest BCUT2D eigenvalue weighted by molar-refractivity contribution is 0.343. The van der Waals surface area contributed by atoms with E-state index in [1.54, 1.807) is 12.4 Å². The minimum absolute atomic E-state index is 0.642. The fourth-order valence-electron chi connectivity index (χ4n) is 1.39. The molecule has 0 saturated heterocycles. The molecule has 0 N–H and O–H groups in total. The van der Waals surface area contributed by atoms with E-state index in [1.807, 2.05) is 25.1 Å². The van der Waals surface area contributed by atoms with Crippen LogP contribution in [0.1, 0.15) is 6.92 Å². The molecule has 0 aliphatic carbocycles. The van der Waals surface area contributed by atoms with Crippen molar-refractivity contribution in [3.8, 4) is 5.75 Å². The highest BCUT2D eigenvalue weighted by atomic mass is 35.5. The zero-order valence-corrected chi connectivity index (χ0v) is 8.58. The fraction of sp³-hybridized carbons (Fsp3) is 0.182. The van der Waals surface area contributed by atoms with Gasteiger partial charge in [0.15, 0.2) is 0 Å². The van der Waals surface area contributed by atoms with E-state index in [0.29, 0.717) is 11.6 Å². The van der Waals surface area contributed by atoms with Crippen LogP contribution in [0.25, 0.3) is 10.8 Å². The van der Waals surface area contributed by atoms with E-state index >= 15 is 0 Å². The molecule has 0 unspecified atom stereocenters. The zero-order valence-electron chi connectivity index (χ0n) is 7.83. The average molecular weight is 208 g/mol. The lowest BCUT2D eigenvalue weighted by Crippen LogP contribution is -1.92. The van der Waals surface area contributed by atoms with E-state index in [-0.39, 0.29) is 0 Å². The van der Waals surface area contributed by atoms with Crippen LogP contribution >= 0.6 is 11.6 Å². The highest BCUT2D eigenvalue weighted by molar-refractivity contribution is 6.31. The summed E-state index contributed by atoms with van der Waals surface area (Å²) in [6.07, 6.45) is 3.50. The third-order valence-corrected chi connectivity index (χ3v) is 2.22. The van der Waals surface area contributed by atoms with Gasteiger partial charge in [0, 0.05) is 22.0 Å². The van der Waals surface area contributed by atoms with Gasteiger partial charge in [-0.1, -0.05) is 11.6 Å². The van der Waals surface area contributed by atoms with Gasteiger partial charge in [-0.25, -0.2) is 0 Å². The number of pyridine rings is 1. The minimum Gasteiger partial charge on any atom is -0.492 e. The number of halogens is 1. The zero-order chi connectivity index (χ0) is 9.97. The molecular formula is C11H10ClNO. The van der Waals surface area contributed by atoms with E-state index in [9.17, 15) is 0 Å². The van der Waals surface area contributed by atoms with Gasteiger partial charge in [-0.2, -0.15) is 0 Å². The Bertz CT molecular complexity index is 456. The van der Waals surface area contributed by atoms with Crippen LogP contribution in [0, 0.1) is 0 Å². The number of ether oxygens (including phenoxy) is 1. The van der Waals surface area contributed by atoms with Crippen LogP contribution < -0.4 is 4.74 Å². The van der Waals surface area contributed by atoms with Crippen molar-refractivity contribution in [1.29, 1.82) is 0 Å². The first kappa shape index (κ1) is 9.28. The van der Waals surface area contributed by atoms with Gasteiger partial charge in [-0.15, -0.1) is 0 Å². The van der Waals surface area contributed by atoms with Gasteiger partial charge in [0.2, 0.25) is 0 Å². The lowest BCUT2D eigenvalue weighted by atomic mass is 10.2. The Balaban J connectivity index is 2.62. The van der Waals surface area contributed by atoms with Crippen LogP contribution in [-0.2, 0) is 0 Å². The number of fused-ring (bicyclic) bond motifs is 1. The molecule has 1 aromatic heterocycles.